The van der Waals surface area contributed by atoms with Gasteiger partial charge >= 0.3 is 5.97 Å². The number of aliphatic hydroxyl groups is 1. The molecular formula is C11H12F2O4. The van der Waals surface area contributed by atoms with Crippen molar-refractivity contribution >= 4 is 5.97 Å². The lowest BCUT2D eigenvalue weighted by molar-refractivity contribution is -0.153. The van der Waals surface area contributed by atoms with E-state index >= 15 is 0 Å². The van der Waals surface area contributed by atoms with Crippen LogP contribution in [0.15, 0.2) is 18.2 Å². The summed E-state index contributed by atoms with van der Waals surface area (Å²) in [7, 11) is 0. The average Bonchev–Trinajstić information content (AvgIpc) is 2.28. The highest BCUT2D eigenvalue weighted by atomic mass is 19.3. The van der Waals surface area contributed by atoms with Crippen LogP contribution in [-0.2, 0) is 9.53 Å². The summed E-state index contributed by atoms with van der Waals surface area (Å²) in [5.74, 6) is -1.50. The lowest BCUT2D eigenvalue weighted by Gasteiger charge is -2.12. The largest absolute Gasteiger partial charge is 0.508 e. The first-order valence-electron chi connectivity index (χ1n) is 4.93. The molecule has 6 heteroatoms. The summed E-state index contributed by atoms with van der Waals surface area (Å²) in [6.07, 6.45) is -4.41. The molecule has 0 saturated heterocycles. The highest BCUT2D eigenvalue weighted by Gasteiger charge is 2.22. The summed E-state index contributed by atoms with van der Waals surface area (Å²) in [5, 5.41) is 18.9. The van der Waals surface area contributed by atoms with Crippen molar-refractivity contribution in [3.63, 3.8) is 0 Å². The Balaban J connectivity index is 2.95. The van der Waals surface area contributed by atoms with Gasteiger partial charge in [-0.25, -0.2) is 13.6 Å². The van der Waals surface area contributed by atoms with Gasteiger partial charge in [0, 0.05) is 11.1 Å². The first kappa shape index (κ1) is 13.4. The quantitative estimate of drug-likeness (QED) is 0.796. The second kappa shape index (κ2) is 5.58. The standard InChI is InChI=1S/C11H12F2O4/c1-2-17-11(16)9(15)7-4-3-6(10(12)13)5-8(7)14/h3-5,9-10,14-15H,2H2,1H3. The third-order valence-corrected chi connectivity index (χ3v) is 2.11. The van der Waals surface area contributed by atoms with E-state index in [-0.39, 0.29) is 17.7 Å². The van der Waals surface area contributed by atoms with Crippen LogP contribution in [0.3, 0.4) is 0 Å². The Morgan fingerprint density at radius 2 is 2.12 bits per heavy atom. The maximum atomic E-state index is 12.3. The molecule has 0 aliphatic rings. The molecule has 1 aromatic rings. The van der Waals surface area contributed by atoms with Crippen LogP contribution >= 0.6 is 0 Å². The number of hydrogen-bond donors (Lipinski definition) is 2. The Bertz CT molecular complexity index is 406. The van der Waals surface area contributed by atoms with Gasteiger partial charge in [0.15, 0.2) is 6.10 Å². The first-order chi connectivity index (χ1) is 7.97. The van der Waals surface area contributed by atoms with Gasteiger partial charge in [-0.2, -0.15) is 0 Å². The predicted molar refractivity (Wildman–Crippen MR) is 54.7 cm³/mol. The summed E-state index contributed by atoms with van der Waals surface area (Å²) in [4.78, 5) is 11.2. The molecule has 0 bridgehead atoms. The Morgan fingerprint density at radius 3 is 2.59 bits per heavy atom. The van der Waals surface area contributed by atoms with Crippen LogP contribution in [0.5, 0.6) is 5.75 Å². The molecule has 17 heavy (non-hydrogen) atoms. The minimum absolute atomic E-state index is 0.0752. The number of hydrogen-bond acceptors (Lipinski definition) is 4. The Kier molecular flexibility index (Phi) is 4.39. The molecule has 94 valence electrons. The van der Waals surface area contributed by atoms with Gasteiger partial charge in [0.05, 0.1) is 6.61 Å². The number of phenols is 1. The molecule has 1 aromatic carbocycles. The van der Waals surface area contributed by atoms with Gasteiger partial charge in [-0.1, -0.05) is 12.1 Å². The number of aliphatic hydroxyl groups excluding tert-OH is 1. The minimum Gasteiger partial charge on any atom is -0.508 e. The van der Waals surface area contributed by atoms with Crippen molar-refractivity contribution in [2.45, 2.75) is 19.5 Å². The number of aromatic hydroxyl groups is 1. The minimum atomic E-state index is -2.73. The zero-order chi connectivity index (χ0) is 13.0. The predicted octanol–water partition coefficient (Wildman–Crippen LogP) is 1.93. The number of carbonyl (C=O) groups is 1. The third-order valence-electron chi connectivity index (χ3n) is 2.11. The van der Waals surface area contributed by atoms with E-state index in [1.807, 2.05) is 0 Å². The lowest BCUT2D eigenvalue weighted by atomic mass is 10.1. The van der Waals surface area contributed by atoms with Crippen molar-refractivity contribution in [3.05, 3.63) is 29.3 Å². The van der Waals surface area contributed by atoms with Gasteiger partial charge < -0.3 is 14.9 Å². The molecule has 1 unspecified atom stereocenters. The van der Waals surface area contributed by atoms with Crippen LogP contribution in [0.25, 0.3) is 0 Å². The molecule has 0 radical (unpaired) electrons. The van der Waals surface area contributed by atoms with Crippen LogP contribution in [0.2, 0.25) is 0 Å². The van der Waals surface area contributed by atoms with Crippen molar-refractivity contribution in [1.29, 1.82) is 0 Å². The van der Waals surface area contributed by atoms with Crippen molar-refractivity contribution in [1.82, 2.24) is 0 Å². The number of alkyl halides is 2. The first-order valence-corrected chi connectivity index (χ1v) is 4.93. The number of halogens is 2. The van der Waals surface area contributed by atoms with Crippen molar-refractivity contribution < 1.29 is 28.5 Å². The normalized spacial score (nSPS) is 12.5. The highest BCUT2D eigenvalue weighted by molar-refractivity contribution is 5.77. The number of esters is 1. The zero-order valence-electron chi connectivity index (χ0n) is 9.06. The van der Waals surface area contributed by atoms with Crippen LogP contribution in [0.4, 0.5) is 8.78 Å². The molecule has 4 nitrogen and oxygen atoms in total. The van der Waals surface area contributed by atoms with Crippen molar-refractivity contribution in [2.75, 3.05) is 6.61 Å². The van der Waals surface area contributed by atoms with E-state index in [2.05, 4.69) is 4.74 Å². The number of rotatable bonds is 4. The smallest absolute Gasteiger partial charge is 0.339 e. The molecule has 0 saturated carbocycles. The summed E-state index contributed by atoms with van der Waals surface area (Å²) in [6.45, 7) is 1.64. The topological polar surface area (TPSA) is 66.8 Å². The number of carbonyl (C=O) groups excluding carboxylic acids is 1. The second-order valence-corrected chi connectivity index (χ2v) is 3.27. The highest BCUT2D eigenvalue weighted by Crippen LogP contribution is 2.29. The molecule has 0 aromatic heterocycles. The van der Waals surface area contributed by atoms with Gasteiger partial charge in [0.2, 0.25) is 0 Å². The molecule has 0 spiro atoms. The van der Waals surface area contributed by atoms with E-state index in [0.717, 1.165) is 18.2 Å². The molecule has 2 N–H and O–H groups in total. The van der Waals surface area contributed by atoms with E-state index in [1.54, 1.807) is 6.92 Å². The summed E-state index contributed by atoms with van der Waals surface area (Å²) in [6, 6.07) is 2.91. The van der Waals surface area contributed by atoms with E-state index in [9.17, 15) is 23.8 Å². The van der Waals surface area contributed by atoms with Gasteiger partial charge in [0.25, 0.3) is 6.43 Å². The molecular weight excluding hydrogens is 234 g/mol. The fraction of sp³-hybridized carbons (Fsp3) is 0.364. The SMILES string of the molecule is CCOC(=O)C(O)c1ccc(C(F)F)cc1O. The number of phenolic OH excluding ortho intramolecular Hbond substituents is 1. The van der Waals surface area contributed by atoms with Crippen LogP contribution in [0, 0.1) is 0 Å². The molecule has 0 fully saturated rings. The molecule has 1 rings (SSSR count). The molecule has 0 heterocycles. The lowest BCUT2D eigenvalue weighted by Crippen LogP contribution is -2.15. The Hall–Kier alpha value is -1.69. The summed E-state index contributed by atoms with van der Waals surface area (Å²) >= 11 is 0. The molecule has 0 aliphatic heterocycles. The van der Waals surface area contributed by atoms with Crippen LogP contribution in [0.1, 0.15) is 30.6 Å². The Labute approximate surface area is 96.5 Å². The fourth-order valence-corrected chi connectivity index (χ4v) is 1.28. The average molecular weight is 246 g/mol. The van der Waals surface area contributed by atoms with Gasteiger partial charge in [-0.15, -0.1) is 0 Å². The van der Waals surface area contributed by atoms with E-state index in [1.165, 1.54) is 0 Å². The van der Waals surface area contributed by atoms with Crippen molar-refractivity contribution in [3.8, 4) is 5.75 Å². The monoisotopic (exact) mass is 246 g/mol. The zero-order valence-corrected chi connectivity index (χ0v) is 9.06. The van der Waals surface area contributed by atoms with Gasteiger partial charge in [0.1, 0.15) is 5.75 Å². The molecule has 0 aliphatic carbocycles. The van der Waals surface area contributed by atoms with E-state index in [0.29, 0.717) is 0 Å². The van der Waals surface area contributed by atoms with Crippen LogP contribution < -0.4 is 0 Å². The molecule has 0 amide bonds. The molecule has 1 atom stereocenters. The maximum absolute atomic E-state index is 12.3. The second-order valence-electron chi connectivity index (χ2n) is 3.27. The number of benzene rings is 1. The van der Waals surface area contributed by atoms with E-state index < -0.39 is 24.2 Å². The summed E-state index contributed by atoms with van der Waals surface area (Å²) < 4.78 is 29.1. The fourth-order valence-electron chi connectivity index (χ4n) is 1.28. The summed E-state index contributed by atoms with van der Waals surface area (Å²) in [5.41, 5.74) is -0.546. The van der Waals surface area contributed by atoms with E-state index in [4.69, 9.17) is 0 Å². The van der Waals surface area contributed by atoms with Gasteiger partial charge in [-0.3, -0.25) is 0 Å². The van der Waals surface area contributed by atoms with Gasteiger partial charge in [-0.05, 0) is 13.0 Å². The Morgan fingerprint density at radius 1 is 1.47 bits per heavy atom. The van der Waals surface area contributed by atoms with Crippen molar-refractivity contribution in [2.24, 2.45) is 0 Å². The number of ether oxygens (including phenoxy) is 1. The maximum Gasteiger partial charge on any atom is 0.339 e. The van der Waals surface area contributed by atoms with Crippen LogP contribution in [-0.4, -0.2) is 22.8 Å². The third kappa shape index (κ3) is 3.13.